The molecule has 0 aromatic carbocycles. The van der Waals surface area contributed by atoms with Crippen molar-refractivity contribution in [2.45, 2.75) is 31.1 Å². The summed E-state index contributed by atoms with van der Waals surface area (Å²) in [5, 5.41) is 0.263. The molecule has 2 fully saturated rings. The lowest BCUT2D eigenvalue weighted by molar-refractivity contribution is -0.152. The molecule has 0 aromatic rings. The lowest BCUT2D eigenvalue weighted by atomic mass is 10.2. The fourth-order valence-electron chi connectivity index (χ4n) is 2.78. The summed E-state index contributed by atoms with van der Waals surface area (Å²) in [7, 11) is -3.04. The van der Waals surface area contributed by atoms with E-state index in [2.05, 4.69) is 0 Å². The van der Waals surface area contributed by atoms with Crippen LogP contribution in [0, 0.1) is 0 Å². The zero-order valence-electron chi connectivity index (χ0n) is 13.2. The summed E-state index contributed by atoms with van der Waals surface area (Å²) < 4.78 is 28.2. The third-order valence-corrected chi connectivity index (χ3v) is 8.54. The second-order valence-corrected chi connectivity index (χ2v) is 10.5. The Balaban J connectivity index is 1.77. The fourth-order valence-corrected chi connectivity index (χ4v) is 7.18. The SMILES string of the molecule is CCN(C(=O)COC(=O)C[C@H]1CSCCS1)[C@H]1CCS(=O)(=O)C1. The Morgan fingerprint density at radius 2 is 2.09 bits per heavy atom. The van der Waals surface area contributed by atoms with Gasteiger partial charge in [-0.15, -0.1) is 0 Å². The third-order valence-electron chi connectivity index (χ3n) is 3.95. The molecule has 9 heteroatoms. The average molecular weight is 382 g/mol. The minimum atomic E-state index is -3.04. The fraction of sp³-hybridized carbons (Fsp3) is 0.857. The second kappa shape index (κ2) is 8.62. The topological polar surface area (TPSA) is 80.8 Å². The van der Waals surface area contributed by atoms with Gasteiger partial charge < -0.3 is 9.64 Å². The molecule has 2 aliphatic heterocycles. The molecule has 2 atom stereocenters. The number of carbonyl (C=O) groups is 2. The van der Waals surface area contributed by atoms with Crippen LogP contribution in [0.3, 0.4) is 0 Å². The van der Waals surface area contributed by atoms with Crippen molar-refractivity contribution in [1.82, 2.24) is 4.90 Å². The van der Waals surface area contributed by atoms with Gasteiger partial charge in [-0.05, 0) is 13.3 Å². The van der Waals surface area contributed by atoms with E-state index >= 15 is 0 Å². The van der Waals surface area contributed by atoms with E-state index in [1.807, 2.05) is 11.8 Å². The second-order valence-electron chi connectivity index (χ2n) is 5.67. The van der Waals surface area contributed by atoms with Crippen LogP contribution in [0.25, 0.3) is 0 Å². The van der Waals surface area contributed by atoms with Gasteiger partial charge in [0.15, 0.2) is 16.4 Å². The van der Waals surface area contributed by atoms with E-state index in [0.717, 1.165) is 17.3 Å². The van der Waals surface area contributed by atoms with Gasteiger partial charge in [0, 0.05) is 35.1 Å². The molecule has 0 aromatic heterocycles. The highest BCUT2D eigenvalue weighted by Gasteiger charge is 2.34. The van der Waals surface area contributed by atoms with E-state index in [9.17, 15) is 18.0 Å². The molecular weight excluding hydrogens is 358 g/mol. The van der Waals surface area contributed by atoms with Crippen LogP contribution in [-0.2, 0) is 24.2 Å². The Morgan fingerprint density at radius 3 is 2.65 bits per heavy atom. The molecule has 0 N–H and O–H groups in total. The molecule has 2 rings (SSSR count). The molecule has 2 saturated heterocycles. The molecule has 1 amide bonds. The van der Waals surface area contributed by atoms with Gasteiger partial charge in [-0.1, -0.05) is 0 Å². The van der Waals surface area contributed by atoms with Crippen molar-refractivity contribution in [2.75, 3.05) is 41.9 Å². The first-order valence-electron chi connectivity index (χ1n) is 7.76. The minimum absolute atomic E-state index is 0.0104. The number of likely N-dealkylation sites (N-methyl/N-ethyl adjacent to an activating group) is 1. The Bertz CT molecular complexity index is 531. The maximum absolute atomic E-state index is 12.2. The Kier molecular flexibility index (Phi) is 7.09. The summed E-state index contributed by atoms with van der Waals surface area (Å²) in [6, 6.07) is -0.290. The minimum Gasteiger partial charge on any atom is -0.456 e. The number of nitrogens with zero attached hydrogens (tertiary/aromatic N) is 1. The Hall–Kier alpha value is -0.410. The van der Waals surface area contributed by atoms with Crippen molar-refractivity contribution >= 4 is 45.2 Å². The maximum atomic E-state index is 12.2. The van der Waals surface area contributed by atoms with Gasteiger partial charge in [0.25, 0.3) is 5.91 Å². The largest absolute Gasteiger partial charge is 0.456 e. The van der Waals surface area contributed by atoms with E-state index in [1.54, 1.807) is 18.7 Å². The zero-order valence-corrected chi connectivity index (χ0v) is 15.7. The smallest absolute Gasteiger partial charge is 0.307 e. The number of hydrogen-bond acceptors (Lipinski definition) is 7. The van der Waals surface area contributed by atoms with Crippen LogP contribution in [0.5, 0.6) is 0 Å². The lowest BCUT2D eigenvalue weighted by Gasteiger charge is -2.26. The summed E-state index contributed by atoms with van der Waals surface area (Å²) in [4.78, 5) is 25.6. The summed E-state index contributed by atoms with van der Waals surface area (Å²) in [5.74, 6) is 2.57. The number of rotatable bonds is 6. The molecule has 0 spiro atoms. The first-order chi connectivity index (χ1) is 10.9. The van der Waals surface area contributed by atoms with Crippen molar-refractivity contribution in [3.63, 3.8) is 0 Å². The highest BCUT2D eigenvalue weighted by molar-refractivity contribution is 8.06. The van der Waals surface area contributed by atoms with Crippen LogP contribution >= 0.6 is 23.5 Å². The molecule has 0 aliphatic carbocycles. The quantitative estimate of drug-likeness (QED) is 0.630. The maximum Gasteiger partial charge on any atom is 0.307 e. The van der Waals surface area contributed by atoms with Gasteiger partial charge in [-0.3, -0.25) is 9.59 Å². The van der Waals surface area contributed by atoms with E-state index in [1.165, 1.54) is 4.90 Å². The number of amides is 1. The normalized spacial score (nSPS) is 26.7. The van der Waals surface area contributed by atoms with E-state index < -0.39 is 9.84 Å². The number of sulfone groups is 1. The van der Waals surface area contributed by atoms with Crippen LogP contribution in [-0.4, -0.2) is 78.4 Å². The van der Waals surface area contributed by atoms with Crippen LogP contribution in [0.2, 0.25) is 0 Å². The van der Waals surface area contributed by atoms with Crippen LogP contribution in [0.4, 0.5) is 0 Å². The number of esters is 1. The molecule has 0 saturated carbocycles. The summed E-state index contributed by atoms with van der Waals surface area (Å²) >= 11 is 3.61. The molecule has 0 radical (unpaired) electrons. The highest BCUT2D eigenvalue weighted by Crippen LogP contribution is 2.26. The van der Waals surface area contributed by atoms with Crippen molar-refractivity contribution in [3.8, 4) is 0 Å². The van der Waals surface area contributed by atoms with Crippen molar-refractivity contribution in [2.24, 2.45) is 0 Å². The average Bonchev–Trinajstić information content (AvgIpc) is 2.87. The Labute approximate surface area is 146 Å². The summed E-state index contributed by atoms with van der Waals surface area (Å²) in [5.41, 5.74) is 0. The Morgan fingerprint density at radius 1 is 1.30 bits per heavy atom. The molecule has 0 unspecified atom stereocenters. The number of carbonyl (C=O) groups excluding carboxylic acids is 2. The van der Waals surface area contributed by atoms with Crippen LogP contribution < -0.4 is 0 Å². The first kappa shape index (κ1) is 18.9. The van der Waals surface area contributed by atoms with Gasteiger partial charge in [0.05, 0.1) is 17.9 Å². The van der Waals surface area contributed by atoms with E-state index in [4.69, 9.17) is 4.74 Å². The first-order valence-corrected chi connectivity index (χ1v) is 11.8. The predicted octanol–water partition coefficient (Wildman–Crippen LogP) is 0.804. The van der Waals surface area contributed by atoms with E-state index in [0.29, 0.717) is 19.4 Å². The molecule has 0 bridgehead atoms. The number of hydrogen-bond donors (Lipinski definition) is 0. The standard InChI is InChI=1S/C14H23NO5S3/c1-2-15(11-3-6-23(18,19)10-11)13(16)8-20-14(17)7-12-9-21-4-5-22-12/h11-12H,2-10H2,1H3/t11-,12-/m0/s1. The summed E-state index contributed by atoms with van der Waals surface area (Å²) in [6.45, 7) is 1.93. The number of ether oxygens (including phenoxy) is 1. The number of thioether (sulfide) groups is 2. The van der Waals surface area contributed by atoms with E-state index in [-0.39, 0.29) is 41.3 Å². The highest BCUT2D eigenvalue weighted by atomic mass is 32.2. The molecule has 132 valence electrons. The molecule has 2 aliphatic rings. The summed E-state index contributed by atoms with van der Waals surface area (Å²) in [6.07, 6.45) is 0.792. The molecule has 2 heterocycles. The third kappa shape index (κ3) is 5.86. The van der Waals surface area contributed by atoms with Gasteiger partial charge in [0.1, 0.15) is 0 Å². The van der Waals surface area contributed by atoms with Gasteiger partial charge in [-0.25, -0.2) is 8.42 Å². The van der Waals surface area contributed by atoms with Gasteiger partial charge in [-0.2, -0.15) is 23.5 Å². The molecular formula is C14H23NO5S3. The van der Waals surface area contributed by atoms with Gasteiger partial charge >= 0.3 is 5.97 Å². The van der Waals surface area contributed by atoms with Gasteiger partial charge in [0.2, 0.25) is 0 Å². The van der Waals surface area contributed by atoms with Crippen molar-refractivity contribution in [1.29, 1.82) is 0 Å². The monoisotopic (exact) mass is 381 g/mol. The van der Waals surface area contributed by atoms with Crippen LogP contribution in [0.15, 0.2) is 0 Å². The van der Waals surface area contributed by atoms with Crippen LogP contribution in [0.1, 0.15) is 19.8 Å². The molecule has 6 nitrogen and oxygen atoms in total. The van der Waals surface area contributed by atoms with Crippen molar-refractivity contribution < 1.29 is 22.7 Å². The predicted molar refractivity (Wildman–Crippen MR) is 93.6 cm³/mol. The lowest BCUT2D eigenvalue weighted by Crippen LogP contribution is -2.43. The molecule has 23 heavy (non-hydrogen) atoms. The zero-order chi connectivity index (χ0) is 16.9. The van der Waals surface area contributed by atoms with Crippen molar-refractivity contribution in [3.05, 3.63) is 0 Å².